The van der Waals surface area contributed by atoms with Crippen molar-refractivity contribution in [2.75, 3.05) is 18.4 Å². The van der Waals surface area contributed by atoms with Crippen molar-refractivity contribution in [1.29, 1.82) is 0 Å². The highest BCUT2D eigenvalue weighted by Gasteiger charge is 2.13. The molecule has 0 radical (unpaired) electrons. The fraction of sp³-hybridized carbons (Fsp3) is 0.250. The lowest BCUT2D eigenvalue weighted by Gasteiger charge is -2.08. The van der Waals surface area contributed by atoms with Crippen molar-refractivity contribution in [3.05, 3.63) is 39.8 Å². The van der Waals surface area contributed by atoms with Crippen LogP contribution in [-0.2, 0) is 10.0 Å². The van der Waals surface area contributed by atoms with Crippen molar-refractivity contribution in [2.45, 2.75) is 11.1 Å². The summed E-state index contributed by atoms with van der Waals surface area (Å²) >= 11 is 4.58. The highest BCUT2D eigenvalue weighted by molar-refractivity contribution is 9.10. The van der Waals surface area contributed by atoms with Gasteiger partial charge in [0, 0.05) is 17.6 Å². The molecule has 5 nitrogen and oxygen atoms in total. The van der Waals surface area contributed by atoms with Crippen molar-refractivity contribution in [1.82, 2.24) is 9.71 Å². The molecule has 20 heavy (non-hydrogen) atoms. The summed E-state index contributed by atoms with van der Waals surface area (Å²) in [6.07, 6.45) is 0. The molecule has 2 N–H and O–H groups in total. The fourth-order valence-electron chi connectivity index (χ4n) is 1.51. The number of rotatable bonds is 6. The first-order valence-corrected chi connectivity index (χ1v) is 9.05. The minimum absolute atomic E-state index is 0.303. The third-order valence-corrected chi connectivity index (χ3v) is 6.20. The predicted octanol–water partition coefficient (Wildman–Crippen LogP) is 2.60. The van der Waals surface area contributed by atoms with Crippen molar-refractivity contribution < 1.29 is 8.42 Å². The van der Waals surface area contributed by atoms with Gasteiger partial charge >= 0.3 is 0 Å². The molecule has 2 rings (SSSR count). The van der Waals surface area contributed by atoms with Crippen LogP contribution >= 0.6 is 27.3 Å². The molecule has 0 atom stereocenters. The zero-order chi connectivity index (χ0) is 14.6. The highest BCUT2D eigenvalue weighted by atomic mass is 79.9. The Morgan fingerprint density at radius 1 is 1.30 bits per heavy atom. The topological polar surface area (TPSA) is 71.1 Å². The first-order valence-electron chi connectivity index (χ1n) is 5.89. The van der Waals surface area contributed by atoms with Gasteiger partial charge in [-0.1, -0.05) is 6.07 Å². The number of hydrogen-bond donors (Lipinski definition) is 2. The van der Waals surface area contributed by atoms with Gasteiger partial charge in [-0.2, -0.15) is 0 Å². The Labute approximate surface area is 130 Å². The second-order valence-corrected chi connectivity index (χ2v) is 7.82. The van der Waals surface area contributed by atoms with E-state index in [1.54, 1.807) is 17.5 Å². The fourth-order valence-corrected chi connectivity index (χ4v) is 3.80. The van der Waals surface area contributed by atoms with Gasteiger partial charge in [-0.15, -0.1) is 11.3 Å². The van der Waals surface area contributed by atoms with Crippen LogP contribution in [0.4, 0.5) is 5.82 Å². The largest absolute Gasteiger partial charge is 0.369 e. The molecule has 0 aliphatic carbocycles. The maximum absolute atomic E-state index is 11.9. The number of halogens is 1. The molecule has 0 amide bonds. The Morgan fingerprint density at radius 3 is 2.75 bits per heavy atom. The number of anilines is 1. The number of thiophene rings is 1. The molecule has 0 saturated carbocycles. The summed E-state index contributed by atoms with van der Waals surface area (Å²) in [4.78, 5) is 4.32. The van der Waals surface area contributed by atoms with Gasteiger partial charge in [0.1, 0.15) is 10.0 Å². The van der Waals surface area contributed by atoms with Crippen molar-refractivity contribution in [2.24, 2.45) is 0 Å². The van der Waals surface area contributed by atoms with Gasteiger partial charge in [0.15, 0.2) is 0 Å². The Balaban J connectivity index is 1.83. The number of hydrogen-bond acceptors (Lipinski definition) is 5. The summed E-state index contributed by atoms with van der Waals surface area (Å²) in [7, 11) is -3.39. The predicted molar refractivity (Wildman–Crippen MR) is 84.7 cm³/mol. The molecular formula is C12H14BrN3O2S2. The van der Waals surface area contributed by atoms with Gasteiger partial charge in [-0.3, -0.25) is 0 Å². The van der Waals surface area contributed by atoms with Crippen LogP contribution in [-0.4, -0.2) is 26.5 Å². The van der Waals surface area contributed by atoms with E-state index in [0.29, 0.717) is 17.3 Å². The van der Waals surface area contributed by atoms with Crippen LogP contribution in [0.3, 0.4) is 0 Å². The second kappa shape index (κ2) is 6.66. The normalized spacial score (nSPS) is 11.5. The van der Waals surface area contributed by atoms with E-state index in [2.05, 4.69) is 31.0 Å². The zero-order valence-electron chi connectivity index (χ0n) is 10.8. The monoisotopic (exact) mass is 375 g/mol. The van der Waals surface area contributed by atoms with E-state index in [1.165, 1.54) is 11.3 Å². The molecule has 0 aliphatic rings. The summed E-state index contributed by atoms with van der Waals surface area (Å²) in [5.74, 6) is 0.723. The summed E-state index contributed by atoms with van der Waals surface area (Å²) < 4.78 is 27.5. The molecule has 2 aromatic rings. The van der Waals surface area contributed by atoms with Crippen LogP contribution in [0.25, 0.3) is 0 Å². The average Bonchev–Trinajstić information content (AvgIpc) is 2.93. The van der Waals surface area contributed by atoms with Crippen molar-refractivity contribution >= 4 is 43.1 Å². The van der Waals surface area contributed by atoms with Gasteiger partial charge in [0.05, 0.1) is 5.69 Å². The third-order valence-electron chi connectivity index (χ3n) is 2.50. The molecule has 0 fully saturated rings. The van der Waals surface area contributed by atoms with Gasteiger partial charge in [-0.25, -0.2) is 18.1 Å². The van der Waals surface area contributed by atoms with Crippen LogP contribution < -0.4 is 10.0 Å². The Morgan fingerprint density at radius 2 is 2.10 bits per heavy atom. The number of pyridine rings is 1. The van der Waals surface area contributed by atoms with E-state index in [1.807, 2.05) is 19.1 Å². The molecule has 2 aromatic heterocycles. The summed E-state index contributed by atoms with van der Waals surface area (Å²) in [6.45, 7) is 2.67. The number of aryl methyl sites for hydroxylation is 1. The van der Waals surface area contributed by atoms with Crippen LogP contribution in [0.15, 0.2) is 38.3 Å². The molecule has 0 bridgehead atoms. The van der Waals surface area contributed by atoms with E-state index < -0.39 is 10.0 Å². The Hall–Kier alpha value is -0.960. The quantitative estimate of drug-likeness (QED) is 0.761. The first-order chi connectivity index (χ1) is 9.49. The smallest absolute Gasteiger partial charge is 0.250 e. The summed E-state index contributed by atoms with van der Waals surface area (Å²) in [5, 5.41) is 4.81. The number of sulfonamides is 1. The summed E-state index contributed by atoms with van der Waals surface area (Å²) in [6, 6.07) is 7.04. The lowest BCUT2D eigenvalue weighted by atomic mass is 10.4. The molecule has 108 valence electrons. The van der Waals surface area contributed by atoms with E-state index in [0.717, 1.165) is 16.0 Å². The summed E-state index contributed by atoms with van der Waals surface area (Å²) in [5.41, 5.74) is 0.883. The van der Waals surface area contributed by atoms with Crippen molar-refractivity contribution in [3.8, 4) is 0 Å². The number of aromatic nitrogens is 1. The maximum Gasteiger partial charge on any atom is 0.250 e. The van der Waals surface area contributed by atoms with Gasteiger partial charge in [0.2, 0.25) is 10.0 Å². The molecule has 0 spiro atoms. The number of nitrogens with one attached hydrogen (secondary N) is 2. The van der Waals surface area contributed by atoms with E-state index >= 15 is 0 Å². The van der Waals surface area contributed by atoms with Gasteiger partial charge in [0.25, 0.3) is 0 Å². The molecule has 8 heteroatoms. The molecular weight excluding hydrogens is 362 g/mol. The van der Waals surface area contributed by atoms with Crippen molar-refractivity contribution in [3.63, 3.8) is 0 Å². The average molecular weight is 376 g/mol. The molecule has 0 unspecified atom stereocenters. The maximum atomic E-state index is 11.9. The molecule has 2 heterocycles. The Bertz CT molecular complexity index is 672. The van der Waals surface area contributed by atoms with Gasteiger partial charge in [-0.05, 0) is 46.4 Å². The van der Waals surface area contributed by atoms with E-state index in [-0.39, 0.29) is 0 Å². The third kappa shape index (κ3) is 4.02. The SMILES string of the molecule is Cc1nc(NCCNS(=O)(=O)c2cccs2)ccc1Br. The molecule has 0 aromatic carbocycles. The van der Waals surface area contributed by atoms with E-state index in [9.17, 15) is 8.42 Å². The molecule has 0 aliphatic heterocycles. The zero-order valence-corrected chi connectivity index (χ0v) is 14.0. The molecule has 0 saturated heterocycles. The minimum Gasteiger partial charge on any atom is -0.369 e. The van der Waals surface area contributed by atoms with Crippen LogP contribution in [0.5, 0.6) is 0 Å². The first kappa shape index (κ1) is 15.4. The van der Waals surface area contributed by atoms with Gasteiger partial charge < -0.3 is 5.32 Å². The second-order valence-electron chi connectivity index (χ2n) is 4.02. The lowest BCUT2D eigenvalue weighted by Crippen LogP contribution is -2.28. The van der Waals surface area contributed by atoms with E-state index in [4.69, 9.17) is 0 Å². The highest BCUT2D eigenvalue weighted by Crippen LogP contribution is 2.16. The van der Waals surface area contributed by atoms with Crippen LogP contribution in [0.1, 0.15) is 5.69 Å². The Kier molecular flexibility index (Phi) is 5.14. The van der Waals surface area contributed by atoms with Crippen LogP contribution in [0, 0.1) is 6.92 Å². The van der Waals surface area contributed by atoms with Crippen LogP contribution in [0.2, 0.25) is 0 Å². The standard InChI is InChI=1S/C12H14BrN3O2S2/c1-9-10(13)4-5-11(16-9)14-6-7-15-20(17,18)12-3-2-8-19-12/h2-5,8,15H,6-7H2,1H3,(H,14,16). The minimum atomic E-state index is -3.39. The number of nitrogens with zero attached hydrogens (tertiary/aromatic N) is 1. The lowest BCUT2D eigenvalue weighted by molar-refractivity contribution is 0.585.